The molecule has 3 aromatic rings. The molecule has 10 heteroatoms. The van der Waals surface area contributed by atoms with Crippen LogP contribution < -0.4 is 0 Å². The molecule has 2 N–H and O–H groups in total. The molecule has 1 saturated carbocycles. The summed E-state index contributed by atoms with van der Waals surface area (Å²) in [6.07, 6.45) is 0.294. The van der Waals surface area contributed by atoms with E-state index in [0.717, 1.165) is 12.8 Å². The lowest BCUT2D eigenvalue weighted by molar-refractivity contribution is -0.127. The van der Waals surface area contributed by atoms with Crippen LogP contribution in [0, 0.1) is 5.41 Å². The summed E-state index contributed by atoms with van der Waals surface area (Å²) in [4.78, 5) is 11.0. The molecule has 0 spiro atoms. The van der Waals surface area contributed by atoms with Crippen LogP contribution in [0.5, 0.6) is 0 Å². The van der Waals surface area contributed by atoms with Crippen LogP contribution in [0.2, 0.25) is 0 Å². The van der Waals surface area contributed by atoms with Gasteiger partial charge in [-0.2, -0.15) is 4.98 Å². The van der Waals surface area contributed by atoms with Crippen molar-refractivity contribution in [1.82, 2.24) is 20.0 Å². The summed E-state index contributed by atoms with van der Waals surface area (Å²) < 4.78 is 45.2. The Morgan fingerprint density at radius 2 is 1.73 bits per heavy atom. The molecule has 0 amide bonds. The quantitative estimate of drug-likeness (QED) is 0.473. The molecular formula is C27H31F3N4O3. The maximum Gasteiger partial charge on any atom is 0.273 e. The molecule has 1 aromatic carbocycles. The average molecular weight is 517 g/mol. The maximum atomic E-state index is 13.9. The van der Waals surface area contributed by atoms with Gasteiger partial charge in [-0.15, -0.1) is 0 Å². The number of aliphatic hydroxyl groups is 2. The summed E-state index contributed by atoms with van der Waals surface area (Å²) in [5, 5.41) is 26.2. The first-order valence-corrected chi connectivity index (χ1v) is 12.5. The molecule has 2 fully saturated rings. The molecular weight excluding hydrogens is 485 g/mol. The van der Waals surface area contributed by atoms with Gasteiger partial charge in [0.1, 0.15) is 5.60 Å². The number of rotatable bonds is 7. The van der Waals surface area contributed by atoms with Crippen molar-refractivity contribution in [2.45, 2.75) is 62.8 Å². The number of benzene rings is 1. The average Bonchev–Trinajstić information content (AvgIpc) is 3.38. The number of alkyl halides is 3. The fourth-order valence-corrected chi connectivity index (χ4v) is 5.89. The Kier molecular flexibility index (Phi) is 6.84. The molecule has 2 aromatic heterocycles. The van der Waals surface area contributed by atoms with Crippen LogP contribution in [-0.4, -0.2) is 62.9 Å². The third-order valence-electron chi connectivity index (χ3n) is 7.88. The molecule has 2 aliphatic rings. The number of likely N-dealkylation sites (tertiary alicyclic amines) is 1. The van der Waals surface area contributed by atoms with E-state index in [-0.39, 0.29) is 17.6 Å². The van der Waals surface area contributed by atoms with E-state index in [1.807, 2.05) is 14.0 Å². The molecule has 2 atom stereocenters. The van der Waals surface area contributed by atoms with Gasteiger partial charge in [0.2, 0.25) is 11.7 Å². The SMILES string of the molecule is CN1CC(C)(C(O)(c2ccc(C(F)C(F)F)cc2)c2cncc(-c3noc(C4CCC(O)CC4)n3)c2)C1. The highest BCUT2D eigenvalue weighted by Gasteiger charge is 2.55. The molecule has 37 heavy (non-hydrogen) atoms. The van der Waals surface area contributed by atoms with Crippen LogP contribution in [0.15, 0.2) is 47.2 Å². The summed E-state index contributed by atoms with van der Waals surface area (Å²) in [5.74, 6) is 0.958. The normalized spacial score (nSPS) is 24.4. The highest BCUT2D eigenvalue weighted by Crippen LogP contribution is 2.50. The van der Waals surface area contributed by atoms with E-state index in [0.29, 0.717) is 54.3 Å². The summed E-state index contributed by atoms with van der Waals surface area (Å²) in [5.41, 5.74) is -0.779. The summed E-state index contributed by atoms with van der Waals surface area (Å²) in [7, 11) is 1.95. The third-order valence-corrected chi connectivity index (χ3v) is 7.88. The predicted octanol–water partition coefficient (Wildman–Crippen LogP) is 4.61. The second kappa shape index (κ2) is 9.81. The fraction of sp³-hybridized carbons (Fsp3) is 0.519. The first-order chi connectivity index (χ1) is 17.6. The van der Waals surface area contributed by atoms with Crippen molar-refractivity contribution in [3.63, 3.8) is 0 Å². The molecule has 1 aliphatic heterocycles. The van der Waals surface area contributed by atoms with Crippen LogP contribution in [0.4, 0.5) is 13.2 Å². The Morgan fingerprint density at radius 1 is 1.05 bits per heavy atom. The minimum Gasteiger partial charge on any atom is -0.393 e. The minimum atomic E-state index is -3.12. The molecule has 1 aliphatic carbocycles. The summed E-state index contributed by atoms with van der Waals surface area (Å²) >= 11 is 0. The number of hydrogen-bond donors (Lipinski definition) is 2. The van der Waals surface area contributed by atoms with Crippen molar-refractivity contribution >= 4 is 0 Å². The van der Waals surface area contributed by atoms with Crippen LogP contribution in [0.1, 0.15) is 67.3 Å². The first kappa shape index (κ1) is 25.8. The molecule has 198 valence electrons. The number of halogens is 3. The van der Waals surface area contributed by atoms with Crippen molar-refractivity contribution in [1.29, 1.82) is 0 Å². The zero-order valence-corrected chi connectivity index (χ0v) is 20.8. The summed E-state index contributed by atoms with van der Waals surface area (Å²) in [6, 6.07) is 7.37. The highest BCUT2D eigenvalue weighted by molar-refractivity contribution is 5.56. The lowest BCUT2D eigenvalue weighted by Gasteiger charge is -2.55. The largest absolute Gasteiger partial charge is 0.393 e. The van der Waals surface area contributed by atoms with Gasteiger partial charge in [0.25, 0.3) is 6.43 Å². The Labute approximate surface area is 213 Å². The van der Waals surface area contributed by atoms with Gasteiger partial charge >= 0.3 is 0 Å². The highest BCUT2D eigenvalue weighted by atomic mass is 19.3. The standard InChI is InChI=1S/C27H31F3N4O3/c1-26(14-34(2)15-26)27(36,19-7-3-16(4-8-19)22(28)23(29)30)20-11-18(12-31-13-20)24-32-25(37-33-24)17-5-9-21(35)10-6-17/h3-4,7-8,11-13,17,21-23,35-36H,5-6,9-10,14-15H2,1-2H3. The number of aliphatic hydroxyl groups excluding tert-OH is 1. The minimum absolute atomic E-state index is 0.0910. The Balaban J connectivity index is 1.50. The van der Waals surface area contributed by atoms with Gasteiger partial charge in [-0.3, -0.25) is 4.98 Å². The number of hydrogen-bond acceptors (Lipinski definition) is 7. The van der Waals surface area contributed by atoms with Gasteiger partial charge in [-0.05, 0) is 49.9 Å². The zero-order chi connectivity index (χ0) is 26.4. The van der Waals surface area contributed by atoms with Crippen molar-refractivity contribution in [3.8, 4) is 11.4 Å². The molecule has 0 radical (unpaired) electrons. The molecule has 2 unspecified atom stereocenters. The number of pyridine rings is 1. The van der Waals surface area contributed by atoms with Gasteiger partial charge in [-0.1, -0.05) is 36.3 Å². The number of aromatic nitrogens is 3. The molecule has 1 saturated heterocycles. The van der Waals surface area contributed by atoms with Crippen LogP contribution in [0.25, 0.3) is 11.4 Å². The van der Waals surface area contributed by atoms with E-state index < -0.39 is 23.6 Å². The van der Waals surface area contributed by atoms with E-state index in [1.54, 1.807) is 18.5 Å². The maximum absolute atomic E-state index is 13.9. The lowest BCUT2D eigenvalue weighted by Crippen LogP contribution is -2.63. The predicted molar refractivity (Wildman–Crippen MR) is 130 cm³/mol. The van der Waals surface area contributed by atoms with Gasteiger partial charge in [-0.25, -0.2) is 13.2 Å². The Morgan fingerprint density at radius 3 is 2.35 bits per heavy atom. The van der Waals surface area contributed by atoms with E-state index in [4.69, 9.17) is 4.52 Å². The van der Waals surface area contributed by atoms with Crippen LogP contribution in [0.3, 0.4) is 0 Å². The van der Waals surface area contributed by atoms with Crippen LogP contribution >= 0.6 is 0 Å². The van der Waals surface area contributed by atoms with Crippen molar-refractivity contribution in [3.05, 3.63) is 65.3 Å². The second-order valence-electron chi connectivity index (χ2n) is 10.7. The smallest absolute Gasteiger partial charge is 0.273 e. The van der Waals surface area contributed by atoms with Gasteiger partial charge in [0.05, 0.1) is 6.10 Å². The Hall–Kier alpha value is -2.82. The first-order valence-electron chi connectivity index (χ1n) is 12.5. The molecule has 5 rings (SSSR count). The van der Waals surface area contributed by atoms with E-state index in [1.165, 1.54) is 24.3 Å². The van der Waals surface area contributed by atoms with Gasteiger partial charge in [0, 0.05) is 47.9 Å². The third kappa shape index (κ3) is 4.66. The lowest BCUT2D eigenvalue weighted by atomic mass is 9.62. The molecule has 3 heterocycles. The number of nitrogens with zero attached hydrogens (tertiary/aromatic N) is 4. The Bertz CT molecular complexity index is 1220. The van der Waals surface area contributed by atoms with E-state index >= 15 is 0 Å². The van der Waals surface area contributed by atoms with Gasteiger partial charge in [0.15, 0.2) is 6.17 Å². The fourth-order valence-electron chi connectivity index (χ4n) is 5.89. The monoisotopic (exact) mass is 516 g/mol. The van der Waals surface area contributed by atoms with Gasteiger partial charge < -0.3 is 19.6 Å². The molecule has 7 nitrogen and oxygen atoms in total. The van der Waals surface area contributed by atoms with Crippen molar-refractivity contribution in [2.24, 2.45) is 5.41 Å². The van der Waals surface area contributed by atoms with Crippen molar-refractivity contribution < 1.29 is 27.9 Å². The van der Waals surface area contributed by atoms with E-state index in [2.05, 4.69) is 20.0 Å². The van der Waals surface area contributed by atoms with Crippen LogP contribution in [-0.2, 0) is 5.60 Å². The van der Waals surface area contributed by atoms with E-state index in [9.17, 15) is 23.4 Å². The zero-order valence-electron chi connectivity index (χ0n) is 20.8. The summed E-state index contributed by atoms with van der Waals surface area (Å²) in [6.45, 7) is 3.12. The topological polar surface area (TPSA) is 95.5 Å². The van der Waals surface area contributed by atoms with Crippen molar-refractivity contribution in [2.75, 3.05) is 20.1 Å². The second-order valence-corrected chi connectivity index (χ2v) is 10.7. The molecule has 0 bridgehead atoms.